The summed E-state index contributed by atoms with van der Waals surface area (Å²) in [5.41, 5.74) is 0. The maximum absolute atomic E-state index is 12.3. The van der Waals surface area contributed by atoms with Crippen molar-refractivity contribution in [3.05, 3.63) is 16.7 Å². The summed E-state index contributed by atoms with van der Waals surface area (Å²) in [5, 5.41) is 2.80. The van der Waals surface area contributed by atoms with Crippen molar-refractivity contribution in [1.29, 1.82) is 0 Å². The highest BCUT2D eigenvalue weighted by Crippen LogP contribution is 2.36. The minimum atomic E-state index is -3.53. The van der Waals surface area contributed by atoms with E-state index in [1.54, 1.807) is 19.3 Å². The first kappa shape index (κ1) is 14.7. The summed E-state index contributed by atoms with van der Waals surface area (Å²) >= 11 is 3.25. The molecule has 0 spiro atoms. The molecule has 0 saturated heterocycles. The molecule has 0 bridgehead atoms. The molecule has 1 aromatic rings. The molecule has 0 radical (unpaired) electrons. The van der Waals surface area contributed by atoms with Crippen LogP contribution in [0.5, 0.6) is 0 Å². The first-order chi connectivity index (χ1) is 8.94. The molecule has 106 valence electrons. The Bertz CT molecular complexity index is 558. The number of halogens is 1. The van der Waals surface area contributed by atoms with Gasteiger partial charge >= 0.3 is 0 Å². The van der Waals surface area contributed by atoms with E-state index in [1.807, 2.05) is 0 Å². The Morgan fingerprint density at radius 3 is 2.79 bits per heavy atom. The number of nitrogens with one attached hydrogen (secondary N) is 2. The predicted molar refractivity (Wildman–Crippen MR) is 78.6 cm³/mol. The van der Waals surface area contributed by atoms with Crippen LogP contribution in [-0.4, -0.2) is 27.0 Å². The van der Waals surface area contributed by atoms with Crippen molar-refractivity contribution in [2.45, 2.75) is 24.7 Å². The summed E-state index contributed by atoms with van der Waals surface area (Å²) in [5.74, 6) is 1.41. The van der Waals surface area contributed by atoms with Crippen molar-refractivity contribution in [2.24, 2.45) is 11.8 Å². The van der Waals surface area contributed by atoms with Gasteiger partial charge in [-0.15, -0.1) is 0 Å². The molecule has 1 saturated carbocycles. The highest BCUT2D eigenvalue weighted by Gasteiger charge is 2.29. The van der Waals surface area contributed by atoms with Gasteiger partial charge in [-0.1, -0.05) is 6.92 Å². The summed E-state index contributed by atoms with van der Waals surface area (Å²) in [7, 11) is -1.88. The summed E-state index contributed by atoms with van der Waals surface area (Å²) in [6.45, 7) is 2.56. The molecular formula is C12H18BrN3O2S. The predicted octanol–water partition coefficient (Wildman–Crippen LogP) is 2.21. The molecule has 0 amide bonds. The monoisotopic (exact) mass is 347 g/mol. The van der Waals surface area contributed by atoms with Crippen molar-refractivity contribution in [1.82, 2.24) is 9.71 Å². The van der Waals surface area contributed by atoms with Crippen LogP contribution < -0.4 is 10.0 Å². The maximum atomic E-state index is 12.3. The van der Waals surface area contributed by atoms with E-state index < -0.39 is 10.0 Å². The molecule has 5 nitrogen and oxygen atoms in total. The first-order valence-electron chi connectivity index (χ1n) is 6.27. The zero-order valence-corrected chi connectivity index (χ0v) is 13.4. The largest absolute Gasteiger partial charge is 0.372 e. The topological polar surface area (TPSA) is 71.1 Å². The second-order valence-electron chi connectivity index (χ2n) is 4.92. The quantitative estimate of drug-likeness (QED) is 0.827. The highest BCUT2D eigenvalue weighted by atomic mass is 79.9. The van der Waals surface area contributed by atoms with Crippen LogP contribution in [0.4, 0.5) is 5.82 Å². The normalized spacial score (nSPS) is 17.2. The van der Waals surface area contributed by atoms with Crippen molar-refractivity contribution >= 4 is 31.8 Å². The van der Waals surface area contributed by atoms with Gasteiger partial charge in [-0.25, -0.2) is 18.1 Å². The van der Waals surface area contributed by atoms with Crippen LogP contribution in [0.3, 0.4) is 0 Å². The number of nitrogens with zero attached hydrogens (tertiary/aromatic N) is 1. The van der Waals surface area contributed by atoms with Gasteiger partial charge in [0.25, 0.3) is 0 Å². The molecule has 1 fully saturated rings. The Labute approximate surface area is 122 Å². The van der Waals surface area contributed by atoms with Crippen LogP contribution in [0.25, 0.3) is 0 Å². The third-order valence-corrected chi connectivity index (χ3v) is 5.24. The Morgan fingerprint density at radius 1 is 1.53 bits per heavy atom. The van der Waals surface area contributed by atoms with E-state index in [0.717, 1.165) is 0 Å². The molecule has 1 unspecified atom stereocenters. The molecule has 1 aromatic heterocycles. The molecule has 1 aliphatic rings. The van der Waals surface area contributed by atoms with E-state index in [-0.39, 0.29) is 4.90 Å². The van der Waals surface area contributed by atoms with Gasteiger partial charge in [-0.2, -0.15) is 0 Å². The molecule has 2 N–H and O–H groups in total. The standard InChI is InChI=1S/C12H18BrN3O2S/c1-8(9-3-4-9)6-16-19(17,18)11-5-10(13)7-15-12(11)14-2/h5,7-9,16H,3-4,6H2,1-2H3,(H,14,15). The van der Waals surface area contributed by atoms with E-state index in [9.17, 15) is 8.42 Å². The molecule has 2 rings (SSSR count). The van der Waals surface area contributed by atoms with Gasteiger partial charge in [-0.3, -0.25) is 0 Å². The van der Waals surface area contributed by atoms with Gasteiger partial charge < -0.3 is 5.32 Å². The highest BCUT2D eigenvalue weighted by molar-refractivity contribution is 9.10. The summed E-state index contributed by atoms with van der Waals surface area (Å²) in [6, 6.07) is 1.56. The summed E-state index contributed by atoms with van der Waals surface area (Å²) < 4.78 is 27.9. The van der Waals surface area contributed by atoms with E-state index in [0.29, 0.717) is 28.7 Å². The minimum absolute atomic E-state index is 0.173. The number of pyridine rings is 1. The van der Waals surface area contributed by atoms with Gasteiger partial charge in [0.15, 0.2) is 0 Å². The molecule has 1 heterocycles. The number of sulfonamides is 1. The number of aromatic nitrogens is 1. The fourth-order valence-corrected chi connectivity index (χ4v) is 3.78. The zero-order chi connectivity index (χ0) is 14.0. The van der Waals surface area contributed by atoms with E-state index >= 15 is 0 Å². The molecule has 1 atom stereocenters. The van der Waals surface area contributed by atoms with Crippen LogP contribution in [-0.2, 0) is 10.0 Å². The third kappa shape index (κ3) is 3.67. The molecule has 1 aliphatic carbocycles. The second-order valence-corrected chi connectivity index (χ2v) is 7.57. The second kappa shape index (κ2) is 5.76. The Morgan fingerprint density at radius 2 is 2.21 bits per heavy atom. The molecular weight excluding hydrogens is 330 g/mol. The van der Waals surface area contributed by atoms with Gasteiger partial charge in [0.2, 0.25) is 10.0 Å². The van der Waals surface area contributed by atoms with Crippen molar-refractivity contribution in [3.8, 4) is 0 Å². The lowest BCUT2D eigenvalue weighted by molar-refractivity contribution is 0.492. The lowest BCUT2D eigenvalue weighted by Gasteiger charge is -2.14. The Kier molecular flexibility index (Phi) is 4.47. The molecule has 0 aromatic carbocycles. The van der Waals surface area contributed by atoms with Crippen LogP contribution in [0.15, 0.2) is 21.6 Å². The van der Waals surface area contributed by atoms with Crippen LogP contribution in [0.1, 0.15) is 19.8 Å². The van der Waals surface area contributed by atoms with E-state index in [2.05, 4.69) is 37.9 Å². The van der Waals surface area contributed by atoms with Crippen LogP contribution in [0, 0.1) is 11.8 Å². The van der Waals surface area contributed by atoms with Crippen LogP contribution >= 0.6 is 15.9 Å². The van der Waals surface area contributed by atoms with Crippen molar-refractivity contribution < 1.29 is 8.42 Å². The van der Waals surface area contributed by atoms with E-state index in [4.69, 9.17) is 0 Å². The third-order valence-electron chi connectivity index (χ3n) is 3.37. The molecule has 19 heavy (non-hydrogen) atoms. The fourth-order valence-electron chi connectivity index (χ4n) is 1.96. The van der Waals surface area contributed by atoms with Gasteiger partial charge in [0, 0.05) is 24.3 Å². The summed E-state index contributed by atoms with van der Waals surface area (Å²) in [6.07, 6.45) is 3.99. The SMILES string of the molecule is CNc1ncc(Br)cc1S(=O)(=O)NCC(C)C1CC1. The zero-order valence-electron chi connectivity index (χ0n) is 11.0. The van der Waals surface area contributed by atoms with Crippen LogP contribution in [0.2, 0.25) is 0 Å². The van der Waals surface area contributed by atoms with Gasteiger partial charge in [-0.05, 0) is 46.7 Å². The summed E-state index contributed by atoms with van der Waals surface area (Å²) in [4.78, 5) is 4.23. The van der Waals surface area contributed by atoms with Gasteiger partial charge in [0.1, 0.15) is 10.7 Å². The average Bonchev–Trinajstić information content (AvgIpc) is 3.20. The first-order valence-corrected chi connectivity index (χ1v) is 8.54. The Balaban J connectivity index is 2.15. The average molecular weight is 348 g/mol. The fraction of sp³-hybridized carbons (Fsp3) is 0.583. The smallest absolute Gasteiger partial charge is 0.244 e. The van der Waals surface area contributed by atoms with E-state index in [1.165, 1.54) is 12.8 Å². The number of hydrogen-bond donors (Lipinski definition) is 2. The minimum Gasteiger partial charge on any atom is -0.372 e. The molecule has 7 heteroatoms. The number of rotatable bonds is 6. The Hall–Kier alpha value is -0.660. The number of anilines is 1. The van der Waals surface area contributed by atoms with Gasteiger partial charge in [0.05, 0.1) is 0 Å². The maximum Gasteiger partial charge on any atom is 0.244 e. The van der Waals surface area contributed by atoms with Crippen molar-refractivity contribution in [2.75, 3.05) is 18.9 Å². The van der Waals surface area contributed by atoms with Crippen molar-refractivity contribution in [3.63, 3.8) is 0 Å². The lowest BCUT2D eigenvalue weighted by Crippen LogP contribution is -2.29. The molecule has 0 aliphatic heterocycles. The number of hydrogen-bond acceptors (Lipinski definition) is 4. The lowest BCUT2D eigenvalue weighted by atomic mass is 10.1.